The summed E-state index contributed by atoms with van der Waals surface area (Å²) < 4.78 is 5.27. The number of azide groups is 1. The number of nitrogens with one attached hydrogen (secondary N) is 1. The summed E-state index contributed by atoms with van der Waals surface area (Å²) in [6, 6.07) is 0. The zero-order chi connectivity index (χ0) is 15.6. The van der Waals surface area contributed by atoms with Gasteiger partial charge in [0.2, 0.25) is 0 Å². The summed E-state index contributed by atoms with van der Waals surface area (Å²) >= 11 is 0. The Labute approximate surface area is 127 Å². The van der Waals surface area contributed by atoms with Crippen molar-refractivity contribution in [3.63, 3.8) is 0 Å². The van der Waals surface area contributed by atoms with Crippen LogP contribution in [-0.4, -0.2) is 31.2 Å². The van der Waals surface area contributed by atoms with Crippen LogP contribution in [0.25, 0.3) is 10.4 Å². The van der Waals surface area contributed by atoms with Crippen molar-refractivity contribution in [1.29, 1.82) is 0 Å². The van der Waals surface area contributed by atoms with Gasteiger partial charge in [0.1, 0.15) is 5.54 Å². The van der Waals surface area contributed by atoms with E-state index in [0.717, 1.165) is 38.0 Å². The smallest absolute Gasteiger partial charge is 0.326 e. The van der Waals surface area contributed by atoms with E-state index in [1.54, 1.807) is 0 Å². The molecule has 0 atom stereocenters. The second-order valence-electron chi connectivity index (χ2n) is 5.77. The molecular weight excluding hydrogens is 268 g/mol. The Bertz CT molecular complexity index is 359. The second-order valence-corrected chi connectivity index (χ2v) is 5.77. The fourth-order valence-corrected chi connectivity index (χ4v) is 3.11. The molecule has 0 spiro atoms. The summed E-state index contributed by atoms with van der Waals surface area (Å²) in [6.07, 6.45) is 7.04. The van der Waals surface area contributed by atoms with Crippen LogP contribution in [0.4, 0.5) is 0 Å². The van der Waals surface area contributed by atoms with Crippen LogP contribution in [0, 0.1) is 5.92 Å². The van der Waals surface area contributed by atoms with Crippen LogP contribution >= 0.6 is 0 Å². The molecule has 6 nitrogen and oxygen atoms in total. The number of hydrogen-bond donors (Lipinski definition) is 1. The van der Waals surface area contributed by atoms with Gasteiger partial charge >= 0.3 is 5.97 Å². The fourth-order valence-electron chi connectivity index (χ4n) is 3.11. The molecule has 120 valence electrons. The molecule has 0 amide bonds. The van der Waals surface area contributed by atoms with E-state index in [2.05, 4.69) is 22.3 Å². The Balaban J connectivity index is 2.55. The van der Waals surface area contributed by atoms with Gasteiger partial charge in [-0.05, 0) is 57.0 Å². The Morgan fingerprint density at radius 1 is 1.43 bits per heavy atom. The summed E-state index contributed by atoms with van der Waals surface area (Å²) in [5.74, 6) is 0.617. The van der Waals surface area contributed by atoms with Crippen LogP contribution in [0.15, 0.2) is 5.11 Å². The molecule has 0 saturated heterocycles. The molecule has 1 aliphatic rings. The molecule has 0 bridgehead atoms. The SMILES string of the molecule is CCCC1CCC(NCCCN=[N+]=[N-])(C(=O)OCC)CC1. The first-order chi connectivity index (χ1) is 10.2. The standard InChI is InChI=1S/C15H28N4O2/c1-3-6-13-7-9-15(10-8-13,14(20)21-4-2)17-11-5-12-18-19-16/h13,17H,3-12H2,1-2H3. The van der Waals surface area contributed by atoms with E-state index in [0.29, 0.717) is 19.7 Å². The average molecular weight is 296 g/mol. The molecule has 0 unspecified atom stereocenters. The molecule has 1 rings (SSSR count). The summed E-state index contributed by atoms with van der Waals surface area (Å²) in [7, 11) is 0. The number of ether oxygens (including phenoxy) is 1. The van der Waals surface area contributed by atoms with Gasteiger partial charge in [-0.25, -0.2) is 0 Å². The Hall–Kier alpha value is -1.26. The fraction of sp³-hybridized carbons (Fsp3) is 0.933. The van der Waals surface area contributed by atoms with E-state index in [9.17, 15) is 4.79 Å². The van der Waals surface area contributed by atoms with Crippen LogP contribution in [0.5, 0.6) is 0 Å². The lowest BCUT2D eigenvalue weighted by Gasteiger charge is -2.39. The highest BCUT2D eigenvalue weighted by Crippen LogP contribution is 2.35. The molecule has 1 aliphatic carbocycles. The minimum atomic E-state index is -0.531. The number of esters is 1. The molecule has 0 aromatic carbocycles. The van der Waals surface area contributed by atoms with Crippen molar-refractivity contribution in [2.24, 2.45) is 11.0 Å². The second kappa shape index (κ2) is 9.64. The topological polar surface area (TPSA) is 87.1 Å². The van der Waals surface area contributed by atoms with Crippen molar-refractivity contribution in [2.45, 2.75) is 64.3 Å². The van der Waals surface area contributed by atoms with Gasteiger partial charge in [0.15, 0.2) is 0 Å². The van der Waals surface area contributed by atoms with E-state index in [1.807, 2.05) is 6.92 Å². The van der Waals surface area contributed by atoms with Crippen molar-refractivity contribution in [3.8, 4) is 0 Å². The lowest BCUT2D eigenvalue weighted by molar-refractivity contribution is -0.153. The molecule has 1 fully saturated rings. The highest BCUT2D eigenvalue weighted by Gasteiger charge is 2.42. The maximum absolute atomic E-state index is 12.3. The minimum Gasteiger partial charge on any atom is -0.465 e. The van der Waals surface area contributed by atoms with Crippen LogP contribution in [0.1, 0.15) is 58.8 Å². The summed E-state index contributed by atoms with van der Waals surface area (Å²) in [4.78, 5) is 15.1. The summed E-state index contributed by atoms with van der Waals surface area (Å²) in [5.41, 5.74) is 7.74. The summed E-state index contributed by atoms with van der Waals surface area (Å²) in [6.45, 7) is 5.60. The molecule has 0 heterocycles. The predicted molar refractivity (Wildman–Crippen MR) is 82.9 cm³/mol. The molecule has 0 aromatic heterocycles. The first kappa shape index (κ1) is 17.8. The largest absolute Gasteiger partial charge is 0.465 e. The average Bonchev–Trinajstić information content (AvgIpc) is 2.49. The monoisotopic (exact) mass is 296 g/mol. The molecule has 1 N–H and O–H groups in total. The minimum absolute atomic E-state index is 0.122. The zero-order valence-corrected chi connectivity index (χ0v) is 13.3. The van der Waals surface area contributed by atoms with E-state index < -0.39 is 5.54 Å². The third-order valence-electron chi connectivity index (χ3n) is 4.28. The normalized spacial score (nSPS) is 25.1. The maximum Gasteiger partial charge on any atom is 0.326 e. The van der Waals surface area contributed by atoms with Crippen molar-refractivity contribution in [3.05, 3.63) is 10.4 Å². The number of rotatable bonds is 9. The van der Waals surface area contributed by atoms with E-state index in [-0.39, 0.29) is 5.97 Å². The zero-order valence-electron chi connectivity index (χ0n) is 13.3. The molecule has 0 aliphatic heterocycles. The van der Waals surface area contributed by atoms with E-state index >= 15 is 0 Å². The highest BCUT2D eigenvalue weighted by molar-refractivity contribution is 5.81. The lowest BCUT2D eigenvalue weighted by Crippen LogP contribution is -2.55. The third kappa shape index (κ3) is 5.56. The lowest BCUT2D eigenvalue weighted by atomic mass is 9.75. The number of carbonyl (C=O) groups is 1. The van der Waals surface area contributed by atoms with Crippen molar-refractivity contribution >= 4 is 5.97 Å². The molecule has 1 saturated carbocycles. The number of carbonyl (C=O) groups excluding carboxylic acids is 1. The van der Waals surface area contributed by atoms with Crippen LogP contribution < -0.4 is 5.32 Å². The quantitative estimate of drug-likeness (QED) is 0.232. The van der Waals surface area contributed by atoms with Gasteiger partial charge in [0.25, 0.3) is 0 Å². The summed E-state index contributed by atoms with van der Waals surface area (Å²) in [5, 5.41) is 6.90. The molecular formula is C15H28N4O2. The third-order valence-corrected chi connectivity index (χ3v) is 4.28. The van der Waals surface area contributed by atoms with Gasteiger partial charge in [-0.1, -0.05) is 24.9 Å². The van der Waals surface area contributed by atoms with Crippen molar-refractivity contribution < 1.29 is 9.53 Å². The van der Waals surface area contributed by atoms with E-state index in [1.165, 1.54) is 12.8 Å². The first-order valence-electron chi connectivity index (χ1n) is 8.11. The van der Waals surface area contributed by atoms with Gasteiger partial charge in [-0.2, -0.15) is 0 Å². The first-order valence-corrected chi connectivity index (χ1v) is 8.11. The van der Waals surface area contributed by atoms with Crippen LogP contribution in [0.3, 0.4) is 0 Å². The Kier molecular flexibility index (Phi) is 8.16. The predicted octanol–water partition coefficient (Wildman–Crippen LogP) is 3.57. The number of hydrogen-bond acceptors (Lipinski definition) is 4. The van der Waals surface area contributed by atoms with Crippen molar-refractivity contribution in [1.82, 2.24) is 5.32 Å². The van der Waals surface area contributed by atoms with E-state index in [4.69, 9.17) is 10.3 Å². The van der Waals surface area contributed by atoms with Gasteiger partial charge < -0.3 is 10.1 Å². The number of nitrogens with zero attached hydrogens (tertiary/aromatic N) is 3. The van der Waals surface area contributed by atoms with Crippen LogP contribution in [0.2, 0.25) is 0 Å². The Morgan fingerprint density at radius 3 is 2.71 bits per heavy atom. The van der Waals surface area contributed by atoms with Gasteiger partial charge in [0.05, 0.1) is 6.61 Å². The molecule has 0 radical (unpaired) electrons. The Morgan fingerprint density at radius 2 is 2.14 bits per heavy atom. The van der Waals surface area contributed by atoms with Gasteiger partial charge in [0, 0.05) is 11.5 Å². The van der Waals surface area contributed by atoms with Crippen LogP contribution in [-0.2, 0) is 9.53 Å². The van der Waals surface area contributed by atoms with Crippen molar-refractivity contribution in [2.75, 3.05) is 19.7 Å². The maximum atomic E-state index is 12.3. The van der Waals surface area contributed by atoms with Gasteiger partial charge in [-0.15, -0.1) is 0 Å². The molecule has 0 aromatic rings. The molecule has 6 heteroatoms. The molecule has 21 heavy (non-hydrogen) atoms. The highest BCUT2D eigenvalue weighted by atomic mass is 16.5. The van der Waals surface area contributed by atoms with Gasteiger partial charge in [-0.3, -0.25) is 4.79 Å².